The van der Waals surface area contributed by atoms with Crippen LogP contribution in [0.4, 0.5) is 0 Å². The summed E-state index contributed by atoms with van der Waals surface area (Å²) in [4.78, 5) is 8.89. The highest BCUT2D eigenvalue weighted by molar-refractivity contribution is 7.09. The summed E-state index contributed by atoms with van der Waals surface area (Å²) in [7, 11) is 1.77. The van der Waals surface area contributed by atoms with Gasteiger partial charge in [-0.1, -0.05) is 32.0 Å². The number of hydrogen-bond acceptors (Lipinski definition) is 4. The average molecular weight is 347 g/mol. The summed E-state index contributed by atoms with van der Waals surface area (Å²) in [5.41, 5.74) is 2.25. The standard InChI is InChI=1S/C18H26N4OS/c1-5-23-16-9-7-6-8-14(16)10-20-18(19-4)21-11-17-22-15(12-24-17)13(2)3/h6-9,12-13H,5,10-11H2,1-4H3,(H2,19,20,21). The van der Waals surface area contributed by atoms with Crippen molar-refractivity contribution >= 4 is 17.3 Å². The number of guanidine groups is 1. The minimum atomic E-state index is 0.461. The van der Waals surface area contributed by atoms with E-state index in [0.717, 1.165) is 28.0 Å². The Balaban J connectivity index is 1.88. The van der Waals surface area contributed by atoms with Crippen molar-refractivity contribution in [3.63, 3.8) is 0 Å². The van der Waals surface area contributed by atoms with E-state index in [2.05, 4.69) is 45.9 Å². The molecule has 0 amide bonds. The second-order valence-electron chi connectivity index (χ2n) is 5.64. The first kappa shape index (κ1) is 18.3. The van der Waals surface area contributed by atoms with Crippen LogP contribution in [0.15, 0.2) is 34.6 Å². The van der Waals surface area contributed by atoms with Crippen LogP contribution in [0.1, 0.15) is 43.0 Å². The van der Waals surface area contributed by atoms with E-state index in [9.17, 15) is 0 Å². The SMILES string of the molecule is CCOc1ccccc1CNC(=NC)NCc1nc(C(C)C)cs1. The van der Waals surface area contributed by atoms with Crippen molar-refractivity contribution in [2.24, 2.45) is 4.99 Å². The minimum Gasteiger partial charge on any atom is -0.494 e. The Kier molecular flexibility index (Phi) is 7.06. The van der Waals surface area contributed by atoms with Gasteiger partial charge in [0.25, 0.3) is 0 Å². The highest BCUT2D eigenvalue weighted by Gasteiger charge is 2.07. The number of hydrogen-bond donors (Lipinski definition) is 2. The summed E-state index contributed by atoms with van der Waals surface area (Å²) in [6, 6.07) is 8.04. The van der Waals surface area contributed by atoms with E-state index < -0.39 is 0 Å². The first-order chi connectivity index (χ1) is 11.6. The van der Waals surface area contributed by atoms with Gasteiger partial charge in [0.1, 0.15) is 10.8 Å². The minimum absolute atomic E-state index is 0.461. The Bertz CT molecular complexity index is 667. The van der Waals surface area contributed by atoms with Crippen LogP contribution in [-0.2, 0) is 13.1 Å². The van der Waals surface area contributed by atoms with Gasteiger partial charge in [0, 0.05) is 24.5 Å². The number of aliphatic imine (C=N–C) groups is 1. The zero-order valence-electron chi connectivity index (χ0n) is 14.8. The summed E-state index contributed by atoms with van der Waals surface area (Å²) in [6.07, 6.45) is 0. The zero-order valence-corrected chi connectivity index (χ0v) is 15.6. The van der Waals surface area contributed by atoms with Crippen molar-refractivity contribution in [1.29, 1.82) is 0 Å². The lowest BCUT2D eigenvalue weighted by atomic mass is 10.2. The van der Waals surface area contributed by atoms with Gasteiger partial charge in [-0.3, -0.25) is 4.99 Å². The van der Waals surface area contributed by atoms with E-state index in [-0.39, 0.29) is 0 Å². The molecule has 1 aromatic heterocycles. The molecule has 0 aliphatic heterocycles. The molecule has 1 aromatic carbocycles. The molecule has 0 saturated carbocycles. The Morgan fingerprint density at radius 1 is 1.25 bits per heavy atom. The molecular weight excluding hydrogens is 320 g/mol. The second kappa shape index (κ2) is 9.27. The predicted molar refractivity (Wildman–Crippen MR) is 101 cm³/mol. The van der Waals surface area contributed by atoms with Crippen molar-refractivity contribution in [3.8, 4) is 5.75 Å². The molecule has 2 aromatic rings. The van der Waals surface area contributed by atoms with Gasteiger partial charge in [-0.05, 0) is 18.9 Å². The fourth-order valence-electron chi connectivity index (χ4n) is 2.18. The Hall–Kier alpha value is -2.08. The molecule has 6 heteroatoms. The number of para-hydroxylation sites is 1. The summed E-state index contributed by atoms with van der Waals surface area (Å²) in [6.45, 7) is 8.29. The number of aromatic nitrogens is 1. The Morgan fingerprint density at radius 2 is 2.00 bits per heavy atom. The van der Waals surface area contributed by atoms with Gasteiger partial charge in [0.15, 0.2) is 5.96 Å². The molecule has 0 saturated heterocycles. The molecule has 24 heavy (non-hydrogen) atoms. The Labute approximate surface area is 148 Å². The number of benzene rings is 1. The van der Waals surface area contributed by atoms with E-state index in [0.29, 0.717) is 25.6 Å². The van der Waals surface area contributed by atoms with Gasteiger partial charge in [-0.2, -0.15) is 0 Å². The number of ether oxygens (including phenoxy) is 1. The van der Waals surface area contributed by atoms with E-state index in [4.69, 9.17) is 4.74 Å². The number of nitrogens with one attached hydrogen (secondary N) is 2. The third-order valence-corrected chi connectivity index (χ3v) is 4.38. The lowest BCUT2D eigenvalue weighted by molar-refractivity contribution is 0.336. The topological polar surface area (TPSA) is 58.5 Å². The van der Waals surface area contributed by atoms with Gasteiger partial charge in [0.2, 0.25) is 0 Å². The molecule has 0 unspecified atom stereocenters. The molecule has 1 heterocycles. The van der Waals surface area contributed by atoms with Crippen LogP contribution in [0.3, 0.4) is 0 Å². The van der Waals surface area contributed by atoms with Crippen LogP contribution >= 0.6 is 11.3 Å². The van der Waals surface area contributed by atoms with E-state index >= 15 is 0 Å². The highest BCUT2D eigenvalue weighted by atomic mass is 32.1. The van der Waals surface area contributed by atoms with Crippen molar-refractivity contribution < 1.29 is 4.74 Å². The molecule has 2 rings (SSSR count). The zero-order chi connectivity index (χ0) is 17.4. The third kappa shape index (κ3) is 5.23. The maximum absolute atomic E-state index is 5.65. The number of nitrogens with zero attached hydrogens (tertiary/aromatic N) is 2. The lowest BCUT2D eigenvalue weighted by Crippen LogP contribution is -2.36. The maximum atomic E-state index is 5.65. The number of thiazole rings is 1. The normalized spacial score (nSPS) is 11.6. The van der Waals surface area contributed by atoms with Crippen LogP contribution in [0, 0.1) is 0 Å². The van der Waals surface area contributed by atoms with Crippen LogP contribution in [0.2, 0.25) is 0 Å². The molecule has 0 aliphatic rings. The predicted octanol–water partition coefficient (Wildman–Crippen LogP) is 3.53. The smallest absolute Gasteiger partial charge is 0.191 e. The highest BCUT2D eigenvalue weighted by Crippen LogP contribution is 2.18. The van der Waals surface area contributed by atoms with Gasteiger partial charge in [0.05, 0.1) is 18.8 Å². The van der Waals surface area contributed by atoms with Crippen molar-refractivity contribution in [2.45, 2.75) is 39.8 Å². The molecule has 0 spiro atoms. The fraction of sp³-hybridized carbons (Fsp3) is 0.444. The number of rotatable bonds is 7. The summed E-state index contributed by atoms with van der Waals surface area (Å²) in [5.74, 6) is 2.12. The van der Waals surface area contributed by atoms with E-state index in [1.807, 2.05) is 25.1 Å². The first-order valence-electron chi connectivity index (χ1n) is 8.23. The largest absolute Gasteiger partial charge is 0.494 e. The van der Waals surface area contributed by atoms with Crippen LogP contribution in [0.25, 0.3) is 0 Å². The van der Waals surface area contributed by atoms with Crippen molar-refractivity contribution in [3.05, 3.63) is 45.9 Å². The van der Waals surface area contributed by atoms with Crippen LogP contribution in [0.5, 0.6) is 5.75 Å². The van der Waals surface area contributed by atoms with Crippen molar-refractivity contribution in [1.82, 2.24) is 15.6 Å². The molecular formula is C18H26N4OS. The van der Waals surface area contributed by atoms with Gasteiger partial charge >= 0.3 is 0 Å². The molecule has 130 valence electrons. The van der Waals surface area contributed by atoms with Gasteiger partial charge in [-0.25, -0.2) is 4.98 Å². The van der Waals surface area contributed by atoms with Gasteiger partial charge in [-0.15, -0.1) is 11.3 Å². The molecule has 5 nitrogen and oxygen atoms in total. The molecule has 0 radical (unpaired) electrons. The average Bonchev–Trinajstić information content (AvgIpc) is 3.06. The summed E-state index contributed by atoms with van der Waals surface area (Å²) < 4.78 is 5.65. The third-order valence-electron chi connectivity index (χ3n) is 3.51. The van der Waals surface area contributed by atoms with Crippen LogP contribution < -0.4 is 15.4 Å². The molecule has 0 fully saturated rings. The molecule has 0 bridgehead atoms. The summed E-state index contributed by atoms with van der Waals surface area (Å²) >= 11 is 1.68. The summed E-state index contributed by atoms with van der Waals surface area (Å²) in [5, 5.41) is 9.81. The molecule has 0 aliphatic carbocycles. The molecule has 2 N–H and O–H groups in total. The van der Waals surface area contributed by atoms with Gasteiger partial charge < -0.3 is 15.4 Å². The van der Waals surface area contributed by atoms with E-state index in [1.54, 1.807) is 18.4 Å². The lowest BCUT2D eigenvalue weighted by Gasteiger charge is -2.13. The fourth-order valence-corrected chi connectivity index (χ4v) is 3.07. The quantitative estimate of drug-likeness (QED) is 0.595. The monoisotopic (exact) mass is 346 g/mol. The van der Waals surface area contributed by atoms with E-state index in [1.165, 1.54) is 0 Å². The Morgan fingerprint density at radius 3 is 2.67 bits per heavy atom. The van der Waals surface area contributed by atoms with Crippen LogP contribution in [-0.4, -0.2) is 24.6 Å². The first-order valence-corrected chi connectivity index (χ1v) is 9.11. The maximum Gasteiger partial charge on any atom is 0.191 e. The molecule has 0 atom stereocenters. The second-order valence-corrected chi connectivity index (χ2v) is 6.58. The van der Waals surface area contributed by atoms with Crippen molar-refractivity contribution in [2.75, 3.05) is 13.7 Å².